The van der Waals surface area contributed by atoms with E-state index in [4.69, 9.17) is 5.11 Å². The molecule has 0 aliphatic heterocycles. The number of alkyl halides is 2. The molecule has 5 heteroatoms. The number of ether oxygens (including phenoxy) is 1. The normalized spacial score (nSPS) is 14.4. The summed E-state index contributed by atoms with van der Waals surface area (Å²) in [5.74, 6) is 0.171. The van der Waals surface area contributed by atoms with Crippen LogP contribution < -0.4 is 10.1 Å². The van der Waals surface area contributed by atoms with Crippen LogP contribution in [0.4, 0.5) is 8.78 Å². The van der Waals surface area contributed by atoms with Crippen LogP contribution in [0.5, 0.6) is 5.75 Å². The number of halogens is 2. The molecule has 0 saturated carbocycles. The minimum atomic E-state index is -2.80. The van der Waals surface area contributed by atoms with E-state index in [1.54, 1.807) is 12.1 Å². The van der Waals surface area contributed by atoms with Crippen molar-refractivity contribution >= 4 is 0 Å². The van der Waals surface area contributed by atoms with Crippen LogP contribution in [0.2, 0.25) is 0 Å². The highest BCUT2D eigenvalue weighted by atomic mass is 19.3. The smallest absolute Gasteiger partial charge is 0.387 e. The molecule has 2 atom stereocenters. The molecule has 0 bridgehead atoms. The van der Waals surface area contributed by atoms with Crippen LogP contribution in [0.15, 0.2) is 24.3 Å². The molecule has 1 aromatic rings. The fraction of sp³-hybridized carbons (Fsp3) is 0.571. The molecule has 0 radical (unpaired) electrons. The second-order valence-electron chi connectivity index (χ2n) is 4.61. The lowest BCUT2D eigenvalue weighted by Crippen LogP contribution is -2.29. The number of nitrogens with one attached hydrogen (secondary N) is 1. The molecule has 0 aliphatic rings. The first-order valence-corrected chi connectivity index (χ1v) is 6.44. The number of hydrogen-bond donors (Lipinski definition) is 2. The lowest BCUT2D eigenvalue weighted by atomic mass is 10.1. The van der Waals surface area contributed by atoms with Crippen LogP contribution in [-0.4, -0.2) is 24.4 Å². The SMILES string of the molecule is CC(CCCO)NC(C)c1cccc(OC(F)F)c1. The summed E-state index contributed by atoms with van der Waals surface area (Å²) < 4.78 is 28.7. The molecule has 0 aliphatic carbocycles. The largest absolute Gasteiger partial charge is 0.435 e. The van der Waals surface area contributed by atoms with E-state index >= 15 is 0 Å². The van der Waals surface area contributed by atoms with Crippen LogP contribution in [0.1, 0.15) is 38.3 Å². The van der Waals surface area contributed by atoms with Gasteiger partial charge in [0, 0.05) is 18.7 Å². The van der Waals surface area contributed by atoms with E-state index in [-0.39, 0.29) is 24.4 Å². The van der Waals surface area contributed by atoms with E-state index in [0.717, 1.165) is 18.4 Å². The Morgan fingerprint density at radius 2 is 2.05 bits per heavy atom. The van der Waals surface area contributed by atoms with Crippen molar-refractivity contribution in [3.8, 4) is 5.75 Å². The molecular weight excluding hydrogens is 252 g/mol. The monoisotopic (exact) mass is 273 g/mol. The van der Waals surface area contributed by atoms with Gasteiger partial charge in [-0.05, 0) is 44.4 Å². The molecule has 2 N–H and O–H groups in total. The van der Waals surface area contributed by atoms with Gasteiger partial charge in [-0.1, -0.05) is 12.1 Å². The Bertz CT molecular complexity index is 374. The van der Waals surface area contributed by atoms with Gasteiger partial charge in [0.25, 0.3) is 0 Å². The highest BCUT2D eigenvalue weighted by Crippen LogP contribution is 2.21. The van der Waals surface area contributed by atoms with Gasteiger partial charge in [-0.25, -0.2) is 0 Å². The van der Waals surface area contributed by atoms with Crippen LogP contribution in [0.25, 0.3) is 0 Å². The van der Waals surface area contributed by atoms with Gasteiger partial charge in [0.2, 0.25) is 0 Å². The average molecular weight is 273 g/mol. The molecule has 2 unspecified atom stereocenters. The van der Waals surface area contributed by atoms with Crippen molar-refractivity contribution in [2.45, 2.75) is 45.4 Å². The highest BCUT2D eigenvalue weighted by Gasteiger charge is 2.11. The average Bonchev–Trinajstić information content (AvgIpc) is 2.35. The number of aliphatic hydroxyl groups excluding tert-OH is 1. The zero-order valence-electron chi connectivity index (χ0n) is 11.3. The van der Waals surface area contributed by atoms with Gasteiger partial charge in [-0.15, -0.1) is 0 Å². The third-order valence-corrected chi connectivity index (χ3v) is 2.91. The van der Waals surface area contributed by atoms with Crippen molar-refractivity contribution < 1.29 is 18.6 Å². The molecule has 0 spiro atoms. The van der Waals surface area contributed by atoms with E-state index in [1.165, 1.54) is 6.07 Å². The molecule has 0 heterocycles. The first kappa shape index (κ1) is 15.9. The Balaban J connectivity index is 2.58. The molecule has 0 amide bonds. The van der Waals surface area contributed by atoms with E-state index in [1.807, 2.05) is 19.9 Å². The maximum absolute atomic E-state index is 12.1. The van der Waals surface area contributed by atoms with Crippen molar-refractivity contribution in [2.75, 3.05) is 6.61 Å². The molecular formula is C14H21F2NO2. The van der Waals surface area contributed by atoms with E-state index in [2.05, 4.69) is 10.1 Å². The fourth-order valence-electron chi connectivity index (χ4n) is 1.96. The zero-order valence-corrected chi connectivity index (χ0v) is 11.3. The van der Waals surface area contributed by atoms with Crippen molar-refractivity contribution in [1.29, 1.82) is 0 Å². The number of aliphatic hydroxyl groups is 1. The third-order valence-electron chi connectivity index (χ3n) is 2.91. The van der Waals surface area contributed by atoms with E-state index < -0.39 is 6.61 Å². The fourth-order valence-corrected chi connectivity index (χ4v) is 1.96. The second kappa shape index (κ2) is 8.07. The van der Waals surface area contributed by atoms with Gasteiger partial charge in [-0.2, -0.15) is 8.78 Å². The Labute approximate surface area is 112 Å². The maximum atomic E-state index is 12.1. The zero-order chi connectivity index (χ0) is 14.3. The van der Waals surface area contributed by atoms with Crippen LogP contribution in [0.3, 0.4) is 0 Å². The lowest BCUT2D eigenvalue weighted by Gasteiger charge is -2.20. The predicted octanol–water partition coefficient (Wildman–Crippen LogP) is 3.10. The second-order valence-corrected chi connectivity index (χ2v) is 4.61. The first-order valence-electron chi connectivity index (χ1n) is 6.44. The molecule has 0 aromatic heterocycles. The van der Waals surface area contributed by atoms with Gasteiger partial charge in [0.1, 0.15) is 5.75 Å². The number of rotatable bonds is 8. The summed E-state index contributed by atoms with van der Waals surface area (Å²) in [7, 11) is 0. The Hall–Kier alpha value is -1.20. The predicted molar refractivity (Wildman–Crippen MR) is 70.4 cm³/mol. The lowest BCUT2D eigenvalue weighted by molar-refractivity contribution is -0.0499. The van der Waals surface area contributed by atoms with Gasteiger partial charge < -0.3 is 15.2 Å². The molecule has 19 heavy (non-hydrogen) atoms. The van der Waals surface area contributed by atoms with Gasteiger partial charge in [0.05, 0.1) is 0 Å². The Morgan fingerprint density at radius 1 is 1.32 bits per heavy atom. The quantitative estimate of drug-likeness (QED) is 0.764. The third kappa shape index (κ3) is 5.98. The minimum Gasteiger partial charge on any atom is -0.435 e. The molecule has 3 nitrogen and oxygen atoms in total. The van der Waals surface area contributed by atoms with Gasteiger partial charge >= 0.3 is 6.61 Å². The molecule has 0 saturated heterocycles. The molecule has 1 rings (SSSR count). The summed E-state index contributed by atoms with van der Waals surface area (Å²) in [5, 5.41) is 12.1. The van der Waals surface area contributed by atoms with Gasteiger partial charge in [-0.3, -0.25) is 0 Å². The van der Waals surface area contributed by atoms with Crippen LogP contribution in [-0.2, 0) is 0 Å². The number of benzene rings is 1. The van der Waals surface area contributed by atoms with Crippen LogP contribution in [0, 0.1) is 0 Å². The minimum absolute atomic E-state index is 0.0370. The number of hydrogen-bond acceptors (Lipinski definition) is 3. The summed E-state index contributed by atoms with van der Waals surface area (Å²) in [5.41, 5.74) is 0.897. The Morgan fingerprint density at radius 3 is 2.68 bits per heavy atom. The van der Waals surface area contributed by atoms with Crippen LogP contribution >= 0.6 is 0 Å². The topological polar surface area (TPSA) is 41.5 Å². The summed E-state index contributed by atoms with van der Waals surface area (Å²) >= 11 is 0. The summed E-state index contributed by atoms with van der Waals surface area (Å²) in [4.78, 5) is 0. The summed E-state index contributed by atoms with van der Waals surface area (Å²) in [6.07, 6.45) is 1.61. The van der Waals surface area contributed by atoms with Gasteiger partial charge in [0.15, 0.2) is 0 Å². The van der Waals surface area contributed by atoms with Crippen molar-refractivity contribution in [1.82, 2.24) is 5.32 Å². The standard InChI is InChI=1S/C14H21F2NO2/c1-10(5-4-8-18)17-11(2)12-6-3-7-13(9-12)19-14(15)16/h3,6-7,9-11,14,17-18H,4-5,8H2,1-2H3. The van der Waals surface area contributed by atoms with E-state index in [0.29, 0.717) is 0 Å². The van der Waals surface area contributed by atoms with Crippen molar-refractivity contribution in [3.63, 3.8) is 0 Å². The Kier molecular flexibility index (Phi) is 6.73. The molecule has 0 fully saturated rings. The molecule has 108 valence electrons. The summed E-state index contributed by atoms with van der Waals surface area (Å²) in [6, 6.07) is 6.98. The maximum Gasteiger partial charge on any atom is 0.387 e. The van der Waals surface area contributed by atoms with E-state index in [9.17, 15) is 8.78 Å². The summed E-state index contributed by atoms with van der Waals surface area (Å²) in [6.45, 7) is 1.38. The highest BCUT2D eigenvalue weighted by molar-refractivity contribution is 5.30. The van der Waals surface area contributed by atoms with Crippen molar-refractivity contribution in [2.24, 2.45) is 0 Å². The molecule has 1 aromatic carbocycles. The first-order chi connectivity index (χ1) is 9.02. The van der Waals surface area contributed by atoms with Crippen molar-refractivity contribution in [3.05, 3.63) is 29.8 Å².